The Balaban J connectivity index is 1.50. The molecule has 8 nitrogen and oxygen atoms in total. The zero-order chi connectivity index (χ0) is 26.7. The van der Waals surface area contributed by atoms with Crippen molar-refractivity contribution in [3.05, 3.63) is 77.1 Å². The minimum Gasteiger partial charge on any atom is -0.489 e. The quantitative estimate of drug-likeness (QED) is 0.530. The molecule has 1 aliphatic heterocycles. The van der Waals surface area contributed by atoms with Gasteiger partial charge in [0.25, 0.3) is 11.8 Å². The molecule has 0 spiro atoms. The van der Waals surface area contributed by atoms with Crippen molar-refractivity contribution in [3.8, 4) is 29.1 Å². The van der Waals surface area contributed by atoms with Crippen LogP contribution in [0.2, 0.25) is 0 Å². The van der Waals surface area contributed by atoms with Crippen molar-refractivity contribution in [2.24, 2.45) is 0 Å². The van der Waals surface area contributed by atoms with Gasteiger partial charge in [0.05, 0.1) is 5.69 Å². The molecule has 4 rings (SSSR count). The molecular formula is C29H29N3O5. The van der Waals surface area contributed by atoms with E-state index in [9.17, 15) is 14.7 Å². The first-order valence-corrected chi connectivity index (χ1v) is 11.8. The topological polar surface area (TPSA) is 101 Å². The van der Waals surface area contributed by atoms with Crippen LogP contribution in [0.4, 0.5) is 5.69 Å². The molecule has 190 valence electrons. The van der Waals surface area contributed by atoms with Gasteiger partial charge < -0.3 is 24.8 Å². The molecule has 3 aromatic rings. The summed E-state index contributed by atoms with van der Waals surface area (Å²) in [6.07, 6.45) is 1.49. The minimum absolute atomic E-state index is 0.0464. The van der Waals surface area contributed by atoms with Gasteiger partial charge in [-0.05, 0) is 63.1 Å². The van der Waals surface area contributed by atoms with E-state index in [1.165, 1.54) is 17.2 Å². The van der Waals surface area contributed by atoms with Gasteiger partial charge in [-0.1, -0.05) is 30.0 Å². The fraction of sp³-hybridized carbons (Fsp3) is 0.276. The Morgan fingerprint density at radius 1 is 1.19 bits per heavy atom. The van der Waals surface area contributed by atoms with Crippen LogP contribution in [0, 0.1) is 25.7 Å². The van der Waals surface area contributed by atoms with Crippen LogP contribution in [-0.2, 0) is 4.79 Å². The number of carbonyl (C=O) groups excluding carboxylic acids is 2. The molecule has 2 aromatic carbocycles. The van der Waals surface area contributed by atoms with Crippen molar-refractivity contribution in [2.45, 2.75) is 39.3 Å². The molecule has 2 N–H and O–H groups in total. The second kappa shape index (κ2) is 10.3. The molecule has 0 fully saturated rings. The zero-order valence-corrected chi connectivity index (χ0v) is 21.5. The van der Waals surface area contributed by atoms with Gasteiger partial charge in [0.15, 0.2) is 0 Å². The molecule has 8 heteroatoms. The second-order valence-electron chi connectivity index (χ2n) is 9.43. The zero-order valence-electron chi connectivity index (χ0n) is 21.5. The number of anilines is 1. The predicted octanol–water partition coefficient (Wildman–Crippen LogP) is 3.77. The number of hydrogen-bond acceptors (Lipinski definition) is 6. The van der Waals surface area contributed by atoms with E-state index in [2.05, 4.69) is 22.1 Å². The number of benzene rings is 2. The standard InChI is InChI=1S/C29H29N3O5/c1-18-7-6-8-19(2)26(18)37-21-12-14-30-22(16-21)27(33)31-23-17-36-25-10-9-20(11-13-29(3,4)35)15-24(25)32(5)28(23)34/h6-10,12,14-16,23,35H,17H2,1-5H3,(H,31,33). The second-order valence-corrected chi connectivity index (χ2v) is 9.43. The summed E-state index contributed by atoms with van der Waals surface area (Å²) < 4.78 is 11.9. The number of carbonyl (C=O) groups is 2. The highest BCUT2D eigenvalue weighted by molar-refractivity contribution is 6.03. The molecule has 1 atom stereocenters. The van der Waals surface area contributed by atoms with Gasteiger partial charge in [-0.2, -0.15) is 0 Å². The molecule has 0 saturated carbocycles. The number of ether oxygens (including phenoxy) is 2. The molecule has 1 aliphatic rings. The first kappa shape index (κ1) is 25.7. The van der Waals surface area contributed by atoms with Crippen LogP contribution in [0.1, 0.15) is 41.0 Å². The Kier molecular flexibility index (Phi) is 7.18. The van der Waals surface area contributed by atoms with Crippen molar-refractivity contribution in [1.29, 1.82) is 0 Å². The number of likely N-dealkylation sites (N-methyl/N-ethyl adjacent to an activating group) is 1. The Morgan fingerprint density at radius 3 is 2.62 bits per heavy atom. The maximum absolute atomic E-state index is 13.2. The van der Waals surface area contributed by atoms with Crippen molar-refractivity contribution in [3.63, 3.8) is 0 Å². The smallest absolute Gasteiger partial charge is 0.270 e. The van der Waals surface area contributed by atoms with Gasteiger partial charge in [-0.15, -0.1) is 0 Å². The van der Waals surface area contributed by atoms with E-state index < -0.39 is 17.6 Å². The Morgan fingerprint density at radius 2 is 1.92 bits per heavy atom. The third-order valence-electron chi connectivity index (χ3n) is 5.77. The number of aliphatic hydroxyl groups is 1. The molecule has 37 heavy (non-hydrogen) atoms. The fourth-order valence-corrected chi connectivity index (χ4v) is 3.81. The number of para-hydroxylation sites is 1. The number of pyridine rings is 1. The number of nitrogens with zero attached hydrogens (tertiary/aromatic N) is 2. The summed E-state index contributed by atoms with van der Waals surface area (Å²) in [5.41, 5.74) is 2.06. The lowest BCUT2D eigenvalue weighted by molar-refractivity contribution is -0.120. The maximum Gasteiger partial charge on any atom is 0.270 e. The lowest BCUT2D eigenvalue weighted by Gasteiger charge is -2.20. The van der Waals surface area contributed by atoms with Gasteiger partial charge in [-0.25, -0.2) is 0 Å². The predicted molar refractivity (Wildman–Crippen MR) is 140 cm³/mol. The normalized spacial score (nSPS) is 15.0. The number of nitrogens with one attached hydrogen (secondary N) is 1. The Bertz CT molecular complexity index is 1390. The molecule has 2 heterocycles. The highest BCUT2D eigenvalue weighted by Gasteiger charge is 2.31. The van der Waals surface area contributed by atoms with E-state index in [-0.39, 0.29) is 18.2 Å². The van der Waals surface area contributed by atoms with Gasteiger partial charge in [0.2, 0.25) is 0 Å². The molecule has 0 saturated heterocycles. The SMILES string of the molecule is Cc1cccc(C)c1Oc1ccnc(C(=O)NC2COc3ccc(C#CC(C)(C)O)cc3N(C)C2=O)c1. The van der Waals surface area contributed by atoms with Crippen LogP contribution in [0.25, 0.3) is 0 Å². The number of amides is 2. The van der Waals surface area contributed by atoms with Crippen molar-refractivity contribution in [2.75, 3.05) is 18.6 Å². The number of aromatic nitrogens is 1. The summed E-state index contributed by atoms with van der Waals surface area (Å²) >= 11 is 0. The molecule has 1 aromatic heterocycles. The number of rotatable bonds is 4. The van der Waals surface area contributed by atoms with E-state index in [4.69, 9.17) is 9.47 Å². The summed E-state index contributed by atoms with van der Waals surface area (Å²) in [7, 11) is 1.61. The summed E-state index contributed by atoms with van der Waals surface area (Å²) in [4.78, 5) is 31.8. The van der Waals surface area contributed by atoms with Crippen molar-refractivity contribution in [1.82, 2.24) is 10.3 Å². The third-order valence-corrected chi connectivity index (χ3v) is 5.77. The Hall–Kier alpha value is -4.35. The number of hydrogen-bond donors (Lipinski definition) is 2. The van der Waals surface area contributed by atoms with Crippen molar-refractivity contribution >= 4 is 17.5 Å². The number of aryl methyl sites for hydroxylation is 2. The summed E-state index contributed by atoms with van der Waals surface area (Å²) in [6, 6.07) is 13.3. The lowest BCUT2D eigenvalue weighted by Crippen LogP contribution is -2.49. The van der Waals surface area contributed by atoms with Crippen LogP contribution in [0.15, 0.2) is 54.7 Å². The monoisotopic (exact) mass is 499 g/mol. The molecule has 0 bridgehead atoms. The molecule has 0 radical (unpaired) electrons. The van der Waals surface area contributed by atoms with Crippen LogP contribution in [0.5, 0.6) is 17.2 Å². The van der Waals surface area contributed by atoms with Gasteiger partial charge in [0.1, 0.15) is 41.2 Å². The lowest BCUT2D eigenvalue weighted by atomic mass is 10.1. The minimum atomic E-state index is -1.14. The summed E-state index contributed by atoms with van der Waals surface area (Å²) in [5.74, 6) is 6.46. The first-order valence-electron chi connectivity index (χ1n) is 11.8. The number of fused-ring (bicyclic) bond motifs is 1. The highest BCUT2D eigenvalue weighted by atomic mass is 16.5. The third kappa shape index (κ3) is 6.08. The van der Waals surface area contributed by atoms with Gasteiger partial charge >= 0.3 is 0 Å². The molecule has 2 amide bonds. The van der Waals surface area contributed by atoms with Crippen LogP contribution >= 0.6 is 0 Å². The van der Waals surface area contributed by atoms with Gasteiger partial charge in [-0.3, -0.25) is 14.6 Å². The van der Waals surface area contributed by atoms with Crippen LogP contribution in [-0.4, -0.2) is 47.2 Å². The first-order chi connectivity index (χ1) is 17.5. The fourth-order valence-electron chi connectivity index (χ4n) is 3.81. The molecular weight excluding hydrogens is 470 g/mol. The van der Waals surface area contributed by atoms with E-state index in [1.54, 1.807) is 45.2 Å². The van der Waals surface area contributed by atoms with E-state index in [0.717, 1.165) is 16.9 Å². The van der Waals surface area contributed by atoms with Gasteiger partial charge in [0, 0.05) is 24.9 Å². The molecule has 1 unspecified atom stereocenters. The molecule has 0 aliphatic carbocycles. The van der Waals surface area contributed by atoms with Crippen molar-refractivity contribution < 1.29 is 24.2 Å². The average molecular weight is 500 g/mol. The Labute approximate surface area is 216 Å². The van der Waals surface area contributed by atoms with E-state index in [1.807, 2.05) is 32.0 Å². The van der Waals surface area contributed by atoms with E-state index >= 15 is 0 Å². The maximum atomic E-state index is 13.2. The van der Waals surface area contributed by atoms with Crippen LogP contribution in [0.3, 0.4) is 0 Å². The highest BCUT2D eigenvalue weighted by Crippen LogP contribution is 2.32. The summed E-state index contributed by atoms with van der Waals surface area (Å²) in [6.45, 7) is 7.04. The largest absolute Gasteiger partial charge is 0.489 e. The van der Waals surface area contributed by atoms with Crippen LogP contribution < -0.4 is 19.7 Å². The summed E-state index contributed by atoms with van der Waals surface area (Å²) in [5, 5.41) is 12.6. The van der Waals surface area contributed by atoms with E-state index in [0.29, 0.717) is 22.7 Å². The average Bonchev–Trinajstić information content (AvgIpc) is 2.97.